The van der Waals surface area contributed by atoms with Gasteiger partial charge >= 0.3 is 0 Å². The van der Waals surface area contributed by atoms with Gasteiger partial charge in [-0.25, -0.2) is 8.42 Å². The Balaban J connectivity index is 2.16. The van der Waals surface area contributed by atoms with E-state index in [1.807, 2.05) is 0 Å². The van der Waals surface area contributed by atoms with E-state index < -0.39 is 9.84 Å². The lowest BCUT2D eigenvalue weighted by atomic mass is 10.3. The first-order valence-corrected chi connectivity index (χ1v) is 5.50. The molecular formula is C6H12N2O3S. The molecule has 1 amide bonds. The van der Waals surface area contributed by atoms with E-state index in [0.29, 0.717) is 0 Å². The summed E-state index contributed by atoms with van der Waals surface area (Å²) in [5.41, 5.74) is 0. The molecule has 12 heavy (non-hydrogen) atoms. The molecule has 0 aromatic rings. The molecule has 1 rings (SSSR count). The van der Waals surface area contributed by atoms with Crippen LogP contribution in [0.3, 0.4) is 0 Å². The van der Waals surface area contributed by atoms with Crippen molar-refractivity contribution in [3.63, 3.8) is 0 Å². The summed E-state index contributed by atoms with van der Waals surface area (Å²) in [5, 5.41) is 5.27. The van der Waals surface area contributed by atoms with Crippen LogP contribution >= 0.6 is 0 Å². The standard InChI is InChI=1S/C6H12N2O3S/c1-7-6(9)2-8-5-3-12(10,11)4-5/h5,8H,2-4H2,1H3,(H,7,9). The van der Waals surface area contributed by atoms with Crippen LogP contribution in [-0.4, -0.2) is 45.5 Å². The van der Waals surface area contributed by atoms with Gasteiger partial charge in [-0.05, 0) is 0 Å². The van der Waals surface area contributed by atoms with Crippen molar-refractivity contribution in [2.45, 2.75) is 6.04 Å². The smallest absolute Gasteiger partial charge is 0.233 e. The van der Waals surface area contributed by atoms with Gasteiger partial charge in [-0.3, -0.25) is 4.79 Å². The Morgan fingerprint density at radius 1 is 1.50 bits per heavy atom. The van der Waals surface area contributed by atoms with Crippen molar-refractivity contribution in [3.8, 4) is 0 Å². The van der Waals surface area contributed by atoms with Crippen LogP contribution in [0.1, 0.15) is 0 Å². The lowest BCUT2D eigenvalue weighted by molar-refractivity contribution is -0.119. The Labute approximate surface area is 71.4 Å². The fraction of sp³-hybridized carbons (Fsp3) is 0.833. The number of hydrogen-bond donors (Lipinski definition) is 2. The summed E-state index contributed by atoms with van der Waals surface area (Å²) in [7, 11) is -1.24. The molecular weight excluding hydrogens is 180 g/mol. The minimum atomic E-state index is -2.78. The minimum Gasteiger partial charge on any atom is -0.358 e. The van der Waals surface area contributed by atoms with E-state index in [1.54, 1.807) is 7.05 Å². The molecule has 1 fully saturated rings. The van der Waals surface area contributed by atoms with Crippen molar-refractivity contribution < 1.29 is 13.2 Å². The summed E-state index contributed by atoms with van der Waals surface area (Å²) in [4.78, 5) is 10.7. The number of carbonyl (C=O) groups is 1. The van der Waals surface area contributed by atoms with Gasteiger partial charge in [-0.1, -0.05) is 0 Å². The lowest BCUT2D eigenvalue weighted by Crippen LogP contribution is -2.53. The molecule has 0 unspecified atom stereocenters. The molecule has 5 nitrogen and oxygen atoms in total. The molecule has 0 aromatic carbocycles. The van der Waals surface area contributed by atoms with Gasteiger partial charge in [0, 0.05) is 13.1 Å². The van der Waals surface area contributed by atoms with Crippen molar-refractivity contribution in [2.75, 3.05) is 25.1 Å². The van der Waals surface area contributed by atoms with Gasteiger partial charge in [0.1, 0.15) is 0 Å². The van der Waals surface area contributed by atoms with E-state index in [9.17, 15) is 13.2 Å². The second-order valence-corrected chi connectivity index (χ2v) is 4.98. The van der Waals surface area contributed by atoms with E-state index in [-0.39, 0.29) is 30.0 Å². The summed E-state index contributed by atoms with van der Waals surface area (Å²) in [6, 6.07) is -0.0349. The molecule has 0 bridgehead atoms. The zero-order chi connectivity index (χ0) is 9.19. The van der Waals surface area contributed by atoms with Gasteiger partial charge in [0.15, 0.2) is 9.84 Å². The van der Waals surface area contributed by atoms with Crippen LogP contribution in [0, 0.1) is 0 Å². The van der Waals surface area contributed by atoms with Crippen LogP contribution in [-0.2, 0) is 14.6 Å². The van der Waals surface area contributed by atoms with Gasteiger partial charge in [-0.15, -0.1) is 0 Å². The Morgan fingerprint density at radius 2 is 2.08 bits per heavy atom. The van der Waals surface area contributed by atoms with Gasteiger partial charge in [0.05, 0.1) is 18.1 Å². The molecule has 1 aliphatic rings. The maximum Gasteiger partial charge on any atom is 0.233 e. The van der Waals surface area contributed by atoms with Gasteiger partial charge in [-0.2, -0.15) is 0 Å². The van der Waals surface area contributed by atoms with Crippen molar-refractivity contribution >= 4 is 15.7 Å². The predicted molar refractivity (Wildman–Crippen MR) is 44.5 cm³/mol. The Hall–Kier alpha value is -0.620. The summed E-state index contributed by atoms with van der Waals surface area (Å²) >= 11 is 0. The van der Waals surface area contributed by atoms with Crippen LogP contribution in [0.25, 0.3) is 0 Å². The van der Waals surface area contributed by atoms with Crippen molar-refractivity contribution in [3.05, 3.63) is 0 Å². The van der Waals surface area contributed by atoms with Gasteiger partial charge in [0.2, 0.25) is 5.91 Å². The van der Waals surface area contributed by atoms with Gasteiger partial charge in [0.25, 0.3) is 0 Å². The number of hydrogen-bond acceptors (Lipinski definition) is 4. The number of carbonyl (C=O) groups excluding carboxylic acids is 1. The third kappa shape index (κ3) is 2.46. The largest absolute Gasteiger partial charge is 0.358 e. The highest BCUT2D eigenvalue weighted by Gasteiger charge is 2.32. The highest BCUT2D eigenvalue weighted by molar-refractivity contribution is 7.92. The zero-order valence-corrected chi connectivity index (χ0v) is 7.65. The maximum absolute atomic E-state index is 10.7. The third-order valence-electron chi connectivity index (χ3n) is 1.74. The molecule has 0 atom stereocenters. The average molecular weight is 192 g/mol. The van der Waals surface area contributed by atoms with Crippen LogP contribution in [0.5, 0.6) is 0 Å². The first-order valence-electron chi connectivity index (χ1n) is 3.68. The summed E-state index contributed by atoms with van der Waals surface area (Å²) in [6.45, 7) is 0.191. The van der Waals surface area contributed by atoms with Crippen LogP contribution in [0.15, 0.2) is 0 Å². The number of rotatable bonds is 3. The average Bonchev–Trinajstić information content (AvgIpc) is 1.96. The van der Waals surface area contributed by atoms with E-state index in [4.69, 9.17) is 0 Å². The second-order valence-electron chi connectivity index (χ2n) is 2.83. The minimum absolute atomic E-state index is 0.0349. The van der Waals surface area contributed by atoms with E-state index in [0.717, 1.165) is 0 Å². The zero-order valence-electron chi connectivity index (χ0n) is 6.83. The predicted octanol–water partition coefficient (Wildman–Crippen LogP) is -1.88. The maximum atomic E-state index is 10.7. The fourth-order valence-corrected chi connectivity index (χ4v) is 2.37. The SMILES string of the molecule is CNC(=O)CNC1CS(=O)(=O)C1. The molecule has 1 aliphatic heterocycles. The highest BCUT2D eigenvalue weighted by Crippen LogP contribution is 2.09. The number of nitrogens with one attached hydrogen (secondary N) is 2. The van der Waals surface area contributed by atoms with E-state index in [1.165, 1.54) is 0 Å². The summed E-state index contributed by atoms with van der Waals surface area (Å²) < 4.78 is 21.3. The van der Waals surface area contributed by atoms with E-state index in [2.05, 4.69) is 10.6 Å². The molecule has 70 valence electrons. The molecule has 0 radical (unpaired) electrons. The molecule has 2 N–H and O–H groups in total. The fourth-order valence-electron chi connectivity index (χ4n) is 1.01. The Kier molecular flexibility index (Phi) is 2.69. The number of sulfone groups is 1. The van der Waals surface area contributed by atoms with Crippen LogP contribution in [0.2, 0.25) is 0 Å². The number of likely N-dealkylation sites (N-methyl/N-ethyl adjacent to an activating group) is 1. The summed E-state index contributed by atoms with van der Waals surface area (Å²) in [6.07, 6.45) is 0. The molecule has 1 heterocycles. The monoisotopic (exact) mass is 192 g/mol. The molecule has 0 saturated carbocycles. The second kappa shape index (κ2) is 3.40. The molecule has 0 spiro atoms. The highest BCUT2D eigenvalue weighted by atomic mass is 32.2. The first kappa shape index (κ1) is 9.47. The molecule has 6 heteroatoms. The molecule has 1 saturated heterocycles. The van der Waals surface area contributed by atoms with Crippen molar-refractivity contribution in [1.29, 1.82) is 0 Å². The first-order chi connectivity index (χ1) is 5.53. The normalized spacial score (nSPS) is 21.4. The summed E-state index contributed by atoms with van der Waals surface area (Å²) in [5.74, 6) is 0.188. The van der Waals surface area contributed by atoms with Crippen LogP contribution in [0.4, 0.5) is 0 Å². The van der Waals surface area contributed by atoms with Crippen molar-refractivity contribution in [2.24, 2.45) is 0 Å². The van der Waals surface area contributed by atoms with Crippen molar-refractivity contribution in [1.82, 2.24) is 10.6 Å². The van der Waals surface area contributed by atoms with Crippen LogP contribution < -0.4 is 10.6 Å². The number of amides is 1. The quantitative estimate of drug-likeness (QED) is 0.549. The molecule has 0 aliphatic carbocycles. The van der Waals surface area contributed by atoms with Gasteiger partial charge < -0.3 is 10.6 Å². The van der Waals surface area contributed by atoms with E-state index >= 15 is 0 Å². The topological polar surface area (TPSA) is 75.3 Å². The molecule has 0 aromatic heterocycles. The Bertz CT molecular complexity index is 261. The third-order valence-corrected chi connectivity index (χ3v) is 3.56. The Morgan fingerprint density at radius 3 is 2.50 bits per heavy atom. The lowest BCUT2D eigenvalue weighted by Gasteiger charge is -2.26.